The zero-order valence-corrected chi connectivity index (χ0v) is 24.9. The maximum absolute atomic E-state index is 15.0. The van der Waals surface area contributed by atoms with E-state index in [2.05, 4.69) is 44.8 Å². The van der Waals surface area contributed by atoms with Crippen molar-refractivity contribution in [3.63, 3.8) is 0 Å². The largest absolute Gasteiger partial charge is 0.378 e. The van der Waals surface area contributed by atoms with Crippen molar-refractivity contribution >= 4 is 32.9 Å². The molecule has 3 aliphatic heterocycles. The maximum atomic E-state index is 15.0. The number of allylic oxidation sites excluding steroid dienone is 2. The molecule has 4 aliphatic rings. The van der Waals surface area contributed by atoms with Gasteiger partial charge in [0.25, 0.3) is 0 Å². The summed E-state index contributed by atoms with van der Waals surface area (Å²) in [6.07, 6.45) is 4.62. The van der Waals surface area contributed by atoms with Crippen LogP contribution in [0.4, 0.5) is 24.5 Å². The van der Waals surface area contributed by atoms with Crippen LogP contribution in [0, 0.1) is 29.3 Å². The van der Waals surface area contributed by atoms with E-state index in [1.165, 1.54) is 23.8 Å². The Morgan fingerprint density at radius 3 is 2.33 bits per heavy atom. The first-order valence-corrected chi connectivity index (χ1v) is 15.7. The summed E-state index contributed by atoms with van der Waals surface area (Å²) in [5.41, 5.74) is 7.86. The average molecular weight is 644 g/mol. The molecule has 0 radical (unpaired) electrons. The Hall–Kier alpha value is -3.55. The molecule has 6 atom stereocenters. The van der Waals surface area contributed by atoms with Gasteiger partial charge in [0.2, 0.25) is 0 Å². The highest BCUT2D eigenvalue weighted by Gasteiger charge is 2.44. The summed E-state index contributed by atoms with van der Waals surface area (Å²) in [5, 5.41) is 7.37. The quantitative estimate of drug-likeness (QED) is 0.233. The summed E-state index contributed by atoms with van der Waals surface area (Å²) in [6, 6.07) is 22.7. The zero-order valence-electron chi connectivity index (χ0n) is 23.3. The minimum absolute atomic E-state index is 0.0336. The lowest BCUT2D eigenvalue weighted by Crippen LogP contribution is -2.36. The summed E-state index contributed by atoms with van der Waals surface area (Å²) in [7, 11) is 0. The second kappa shape index (κ2) is 10.6. The van der Waals surface area contributed by atoms with Gasteiger partial charge in [-0.05, 0) is 114 Å². The Labute approximate surface area is 257 Å². The van der Waals surface area contributed by atoms with Gasteiger partial charge in [0.15, 0.2) is 0 Å². The first-order chi connectivity index (χ1) is 20.9. The molecule has 4 aromatic rings. The van der Waals surface area contributed by atoms with Gasteiger partial charge in [-0.25, -0.2) is 13.2 Å². The van der Waals surface area contributed by atoms with Crippen LogP contribution in [0.25, 0.3) is 5.57 Å². The lowest BCUT2D eigenvalue weighted by Gasteiger charge is -2.44. The predicted molar refractivity (Wildman–Crippen MR) is 166 cm³/mol. The van der Waals surface area contributed by atoms with Crippen molar-refractivity contribution in [2.24, 2.45) is 11.8 Å². The lowest BCUT2D eigenvalue weighted by atomic mass is 9.75. The summed E-state index contributed by atoms with van der Waals surface area (Å²) < 4.78 is 51.0. The molecular formula is C36H30BrF3N2O. The van der Waals surface area contributed by atoms with Gasteiger partial charge < -0.3 is 15.4 Å². The molecule has 0 spiro atoms. The molecule has 7 heteroatoms. The Morgan fingerprint density at radius 2 is 1.47 bits per heavy atom. The zero-order chi connectivity index (χ0) is 29.2. The van der Waals surface area contributed by atoms with Gasteiger partial charge in [-0.3, -0.25) is 0 Å². The molecule has 0 unspecified atom stereocenters. The molecule has 0 amide bonds. The predicted octanol–water partition coefficient (Wildman–Crippen LogP) is 9.85. The van der Waals surface area contributed by atoms with Crippen molar-refractivity contribution in [2.45, 2.75) is 43.4 Å². The number of benzene rings is 4. The average Bonchev–Trinajstić information content (AvgIpc) is 3.46. The molecule has 218 valence electrons. The molecule has 0 bridgehead atoms. The molecule has 0 saturated carbocycles. The Kier molecular flexibility index (Phi) is 6.64. The van der Waals surface area contributed by atoms with E-state index in [1.807, 2.05) is 18.2 Å². The van der Waals surface area contributed by atoms with Crippen LogP contribution < -0.4 is 10.6 Å². The number of nitrogens with one attached hydrogen (secondary N) is 2. The fourth-order valence-electron chi connectivity index (χ4n) is 7.91. The van der Waals surface area contributed by atoms with Crippen molar-refractivity contribution in [1.82, 2.24) is 0 Å². The van der Waals surface area contributed by atoms with Gasteiger partial charge in [0.05, 0.1) is 18.2 Å². The second-order valence-corrected chi connectivity index (χ2v) is 13.1. The van der Waals surface area contributed by atoms with E-state index in [0.717, 1.165) is 62.9 Å². The third-order valence-electron chi connectivity index (χ3n) is 9.74. The van der Waals surface area contributed by atoms with Gasteiger partial charge in [-0.2, -0.15) is 0 Å². The molecule has 43 heavy (non-hydrogen) atoms. The van der Waals surface area contributed by atoms with Gasteiger partial charge in [0, 0.05) is 39.9 Å². The first-order valence-electron chi connectivity index (χ1n) is 14.9. The molecule has 4 aromatic carbocycles. The third kappa shape index (κ3) is 4.68. The van der Waals surface area contributed by atoms with Crippen molar-refractivity contribution in [3.05, 3.63) is 135 Å². The Bertz CT molecular complexity index is 1770. The maximum Gasteiger partial charge on any atom is 0.123 e. The first kappa shape index (κ1) is 27.0. The van der Waals surface area contributed by atoms with E-state index in [1.54, 1.807) is 30.3 Å². The van der Waals surface area contributed by atoms with E-state index < -0.39 is 0 Å². The molecule has 3 nitrogen and oxygen atoms in total. The number of ether oxygens (including phenoxy) is 1. The number of fused-ring (bicyclic) bond motifs is 6. The second-order valence-electron chi connectivity index (χ2n) is 12.2. The minimum Gasteiger partial charge on any atom is -0.378 e. The monoisotopic (exact) mass is 642 g/mol. The molecular weight excluding hydrogens is 613 g/mol. The normalized spacial score (nSPS) is 27.1. The van der Waals surface area contributed by atoms with Crippen LogP contribution in [-0.2, 0) is 4.74 Å². The van der Waals surface area contributed by atoms with Gasteiger partial charge in [-0.15, -0.1) is 0 Å². The van der Waals surface area contributed by atoms with E-state index >= 15 is 4.39 Å². The number of halogens is 4. The Balaban J connectivity index is 1.23. The minimum atomic E-state index is -0.289. The van der Waals surface area contributed by atoms with Gasteiger partial charge in [0.1, 0.15) is 17.5 Å². The number of hydrogen-bond donors (Lipinski definition) is 2. The van der Waals surface area contributed by atoms with Crippen molar-refractivity contribution < 1.29 is 17.9 Å². The van der Waals surface area contributed by atoms with Crippen molar-refractivity contribution in [2.75, 3.05) is 17.2 Å². The van der Waals surface area contributed by atoms with Crippen LogP contribution in [0.5, 0.6) is 0 Å². The number of rotatable bonds is 3. The molecule has 1 saturated heterocycles. The van der Waals surface area contributed by atoms with Crippen LogP contribution in [0.2, 0.25) is 0 Å². The van der Waals surface area contributed by atoms with Crippen LogP contribution >= 0.6 is 15.9 Å². The van der Waals surface area contributed by atoms with Crippen LogP contribution in [0.3, 0.4) is 0 Å². The summed E-state index contributed by atoms with van der Waals surface area (Å²) in [6.45, 7) is 0.623. The highest BCUT2D eigenvalue weighted by atomic mass is 79.9. The highest BCUT2D eigenvalue weighted by molar-refractivity contribution is 9.10. The molecule has 1 aliphatic carbocycles. The third-order valence-corrected chi connectivity index (χ3v) is 10.2. The van der Waals surface area contributed by atoms with E-state index in [9.17, 15) is 8.78 Å². The lowest BCUT2D eigenvalue weighted by molar-refractivity contribution is -0.0383. The highest BCUT2D eigenvalue weighted by Crippen LogP contribution is 2.56. The Morgan fingerprint density at radius 1 is 0.721 bits per heavy atom. The molecule has 0 aromatic heterocycles. The fraction of sp³-hybridized carbons (Fsp3) is 0.278. The summed E-state index contributed by atoms with van der Waals surface area (Å²) in [4.78, 5) is 0. The van der Waals surface area contributed by atoms with Gasteiger partial charge in [-0.1, -0.05) is 40.2 Å². The van der Waals surface area contributed by atoms with Crippen LogP contribution in [0.15, 0.2) is 89.4 Å². The molecule has 2 N–H and O–H groups in total. The SMILES string of the molecule is Fc1cccc([C@@H]2Nc3ccc(Br)cc3[C@@H]3C=C(c4ccc(F)cc4[C@H]4Nc5ccc(F)cc5[C@@H]5OCCC[C@H]45)C[C@@H]32)c1. The molecule has 1 fully saturated rings. The number of hydrogen-bond acceptors (Lipinski definition) is 3. The van der Waals surface area contributed by atoms with Crippen molar-refractivity contribution in [1.29, 1.82) is 0 Å². The fourth-order valence-corrected chi connectivity index (χ4v) is 8.29. The molecule has 8 rings (SSSR count). The summed E-state index contributed by atoms with van der Waals surface area (Å²) >= 11 is 3.66. The van der Waals surface area contributed by atoms with E-state index in [-0.39, 0.29) is 53.4 Å². The molecule has 3 heterocycles. The van der Waals surface area contributed by atoms with Crippen LogP contribution in [-0.4, -0.2) is 6.61 Å². The topological polar surface area (TPSA) is 33.3 Å². The summed E-state index contributed by atoms with van der Waals surface area (Å²) in [5.74, 6) is -0.550. The van der Waals surface area contributed by atoms with Crippen LogP contribution in [0.1, 0.15) is 71.2 Å². The van der Waals surface area contributed by atoms with Gasteiger partial charge >= 0.3 is 0 Å². The van der Waals surface area contributed by atoms with Crippen molar-refractivity contribution in [3.8, 4) is 0 Å². The standard InChI is InChI=1S/C36H30BrF3N2O/c37-21-6-10-32-28(16-21)27-14-20(15-29(27)34(41-32)19-3-1-4-22(38)13-19)25-9-7-23(39)17-30(25)35-26-5-2-12-43-36(26)31-18-24(40)8-11-33(31)42-35/h1,3-4,6-11,13-14,16-18,26-27,29,34-36,41-42H,2,5,12,15H2/t26-,27+,29+,34+,35+,36-/m1/s1. The number of anilines is 2. The van der Waals surface area contributed by atoms with E-state index in [4.69, 9.17) is 4.74 Å². The van der Waals surface area contributed by atoms with E-state index in [0.29, 0.717) is 6.61 Å². The smallest absolute Gasteiger partial charge is 0.123 e.